The summed E-state index contributed by atoms with van der Waals surface area (Å²) in [4.78, 5) is 23.5. The van der Waals surface area contributed by atoms with E-state index in [4.69, 9.17) is 0 Å². The number of hydrogen-bond acceptors (Lipinski definition) is 3. The Morgan fingerprint density at radius 1 is 0.955 bits per heavy atom. The molecule has 114 valence electrons. The van der Waals surface area contributed by atoms with E-state index in [0.717, 1.165) is 10.2 Å². The summed E-state index contributed by atoms with van der Waals surface area (Å²) in [7, 11) is 0. The van der Waals surface area contributed by atoms with Crippen LogP contribution in [0.3, 0.4) is 0 Å². The van der Waals surface area contributed by atoms with E-state index >= 15 is 0 Å². The number of benzene rings is 2. The molecule has 2 amide bonds. The van der Waals surface area contributed by atoms with Gasteiger partial charge in [-0.3, -0.25) is 20.4 Å². The SMILES string of the molecule is O=C(CSCc1ccccc1)NNC(=O)c1ccc(Br)cc1. The third-order valence-corrected chi connectivity index (χ3v) is 4.30. The molecule has 0 fully saturated rings. The Bertz CT molecular complexity index is 632. The topological polar surface area (TPSA) is 58.2 Å². The second-order valence-electron chi connectivity index (χ2n) is 4.49. The Labute approximate surface area is 141 Å². The smallest absolute Gasteiger partial charge is 0.269 e. The zero-order valence-electron chi connectivity index (χ0n) is 11.7. The normalized spacial score (nSPS) is 10.0. The summed E-state index contributed by atoms with van der Waals surface area (Å²) in [5, 5.41) is 0. The van der Waals surface area contributed by atoms with Crippen molar-refractivity contribution >= 4 is 39.5 Å². The highest BCUT2D eigenvalue weighted by molar-refractivity contribution is 9.10. The zero-order chi connectivity index (χ0) is 15.8. The van der Waals surface area contributed by atoms with Gasteiger partial charge in [-0.05, 0) is 29.8 Å². The van der Waals surface area contributed by atoms with Crippen LogP contribution in [0, 0.1) is 0 Å². The van der Waals surface area contributed by atoms with Gasteiger partial charge in [-0.25, -0.2) is 0 Å². The summed E-state index contributed by atoms with van der Waals surface area (Å²) in [6.45, 7) is 0. The maximum Gasteiger partial charge on any atom is 0.269 e. The third kappa shape index (κ3) is 5.54. The molecule has 2 aromatic rings. The number of hydrazine groups is 1. The Hall–Kier alpha value is -1.79. The second-order valence-corrected chi connectivity index (χ2v) is 6.39. The first kappa shape index (κ1) is 16.6. The van der Waals surface area contributed by atoms with E-state index in [1.807, 2.05) is 30.3 Å². The molecule has 0 heterocycles. The summed E-state index contributed by atoms with van der Waals surface area (Å²) in [5.74, 6) is 0.477. The molecule has 0 spiro atoms. The number of nitrogens with one attached hydrogen (secondary N) is 2. The van der Waals surface area contributed by atoms with E-state index in [1.54, 1.807) is 24.3 Å². The number of thioether (sulfide) groups is 1. The van der Waals surface area contributed by atoms with Crippen molar-refractivity contribution in [1.29, 1.82) is 0 Å². The molecule has 22 heavy (non-hydrogen) atoms. The molecule has 0 saturated heterocycles. The van der Waals surface area contributed by atoms with Gasteiger partial charge in [0, 0.05) is 15.8 Å². The minimum atomic E-state index is -0.339. The molecule has 2 aromatic carbocycles. The van der Waals surface area contributed by atoms with Gasteiger partial charge in [-0.15, -0.1) is 11.8 Å². The van der Waals surface area contributed by atoms with Gasteiger partial charge in [0.1, 0.15) is 0 Å². The van der Waals surface area contributed by atoms with Gasteiger partial charge in [0.05, 0.1) is 5.75 Å². The van der Waals surface area contributed by atoms with Crippen LogP contribution in [0.5, 0.6) is 0 Å². The predicted molar refractivity (Wildman–Crippen MR) is 92.4 cm³/mol. The molecule has 6 heteroatoms. The molecule has 0 aliphatic carbocycles. The van der Waals surface area contributed by atoms with Crippen molar-refractivity contribution in [1.82, 2.24) is 10.9 Å². The molecule has 0 radical (unpaired) electrons. The predicted octanol–water partition coefficient (Wildman–Crippen LogP) is 3.14. The van der Waals surface area contributed by atoms with Crippen molar-refractivity contribution < 1.29 is 9.59 Å². The third-order valence-electron chi connectivity index (χ3n) is 2.77. The molecular formula is C16H15BrN2O2S. The lowest BCUT2D eigenvalue weighted by Gasteiger charge is -2.07. The van der Waals surface area contributed by atoms with E-state index in [2.05, 4.69) is 26.8 Å². The first-order valence-corrected chi connectivity index (χ1v) is 8.56. The molecule has 0 unspecified atom stereocenters. The van der Waals surface area contributed by atoms with Crippen molar-refractivity contribution in [3.05, 3.63) is 70.2 Å². The summed E-state index contributed by atoms with van der Waals surface area (Å²) < 4.78 is 0.894. The largest absolute Gasteiger partial charge is 0.272 e. The number of rotatable bonds is 5. The number of halogens is 1. The van der Waals surface area contributed by atoms with Gasteiger partial charge in [0.15, 0.2) is 0 Å². The van der Waals surface area contributed by atoms with Crippen molar-refractivity contribution in [2.24, 2.45) is 0 Å². The highest BCUT2D eigenvalue weighted by Gasteiger charge is 2.07. The summed E-state index contributed by atoms with van der Waals surface area (Å²) >= 11 is 4.79. The van der Waals surface area contributed by atoms with Crippen LogP contribution in [-0.4, -0.2) is 17.6 Å². The van der Waals surface area contributed by atoms with Crippen molar-refractivity contribution in [3.63, 3.8) is 0 Å². The maximum atomic E-state index is 11.8. The number of hydrogen-bond donors (Lipinski definition) is 2. The fourth-order valence-electron chi connectivity index (χ4n) is 1.67. The minimum absolute atomic E-state index is 0.230. The molecule has 2 rings (SSSR count). The van der Waals surface area contributed by atoms with E-state index < -0.39 is 0 Å². The van der Waals surface area contributed by atoms with E-state index in [0.29, 0.717) is 5.56 Å². The van der Waals surface area contributed by atoms with Gasteiger partial charge >= 0.3 is 0 Å². The summed E-state index contributed by atoms with van der Waals surface area (Å²) in [6.07, 6.45) is 0. The Morgan fingerprint density at radius 2 is 1.64 bits per heavy atom. The van der Waals surface area contributed by atoms with Gasteiger partial charge in [-0.1, -0.05) is 46.3 Å². The van der Waals surface area contributed by atoms with E-state index in [-0.39, 0.29) is 17.6 Å². The number of carbonyl (C=O) groups excluding carboxylic acids is 2. The van der Waals surface area contributed by atoms with Crippen LogP contribution in [-0.2, 0) is 10.5 Å². The Morgan fingerprint density at radius 3 is 2.32 bits per heavy atom. The number of carbonyl (C=O) groups is 2. The molecule has 0 aromatic heterocycles. The van der Waals surface area contributed by atoms with Crippen LogP contribution in [0.25, 0.3) is 0 Å². The lowest BCUT2D eigenvalue weighted by Crippen LogP contribution is -2.42. The lowest BCUT2D eigenvalue weighted by molar-refractivity contribution is -0.119. The fraction of sp³-hybridized carbons (Fsp3) is 0.125. The van der Waals surface area contributed by atoms with Crippen LogP contribution in [0.1, 0.15) is 15.9 Å². The molecule has 0 bridgehead atoms. The molecule has 2 N–H and O–H groups in total. The quantitative estimate of drug-likeness (QED) is 0.785. The molecule has 0 aliphatic rings. The zero-order valence-corrected chi connectivity index (χ0v) is 14.1. The number of amides is 2. The highest BCUT2D eigenvalue weighted by Crippen LogP contribution is 2.11. The highest BCUT2D eigenvalue weighted by atomic mass is 79.9. The van der Waals surface area contributed by atoms with Gasteiger partial charge in [0.25, 0.3) is 5.91 Å². The van der Waals surface area contributed by atoms with Crippen LogP contribution in [0.2, 0.25) is 0 Å². The van der Waals surface area contributed by atoms with Crippen molar-refractivity contribution in [3.8, 4) is 0 Å². The summed E-state index contributed by atoms with van der Waals surface area (Å²) in [5.41, 5.74) is 6.46. The molecule has 0 aliphatic heterocycles. The average Bonchev–Trinajstić information content (AvgIpc) is 2.54. The van der Waals surface area contributed by atoms with E-state index in [9.17, 15) is 9.59 Å². The van der Waals surface area contributed by atoms with Crippen LogP contribution in [0.15, 0.2) is 59.1 Å². The molecule has 0 atom stereocenters. The maximum absolute atomic E-state index is 11.8. The second kappa shape index (κ2) is 8.60. The Balaban J connectivity index is 1.69. The van der Waals surface area contributed by atoms with Gasteiger partial charge in [0.2, 0.25) is 5.91 Å². The standard InChI is InChI=1S/C16H15BrN2O2S/c17-14-8-6-13(7-9-14)16(21)19-18-15(20)11-22-10-12-4-2-1-3-5-12/h1-9H,10-11H2,(H,18,20)(H,19,21). The van der Waals surface area contributed by atoms with Crippen LogP contribution < -0.4 is 10.9 Å². The first-order valence-electron chi connectivity index (χ1n) is 6.61. The first-order chi connectivity index (χ1) is 10.6. The Kier molecular flexibility index (Phi) is 6.48. The molecule has 0 saturated carbocycles. The molecule has 4 nitrogen and oxygen atoms in total. The van der Waals surface area contributed by atoms with Crippen LogP contribution in [0.4, 0.5) is 0 Å². The minimum Gasteiger partial charge on any atom is -0.272 e. The van der Waals surface area contributed by atoms with Crippen molar-refractivity contribution in [2.75, 3.05) is 5.75 Å². The average molecular weight is 379 g/mol. The summed E-state index contributed by atoms with van der Waals surface area (Å²) in [6, 6.07) is 16.8. The van der Waals surface area contributed by atoms with Gasteiger partial charge < -0.3 is 0 Å². The van der Waals surface area contributed by atoms with Gasteiger partial charge in [-0.2, -0.15) is 0 Å². The van der Waals surface area contributed by atoms with E-state index in [1.165, 1.54) is 17.3 Å². The van der Waals surface area contributed by atoms with Crippen molar-refractivity contribution in [2.45, 2.75) is 5.75 Å². The molecular weight excluding hydrogens is 364 g/mol. The monoisotopic (exact) mass is 378 g/mol. The fourth-order valence-corrected chi connectivity index (χ4v) is 2.72. The lowest BCUT2D eigenvalue weighted by atomic mass is 10.2. The van der Waals surface area contributed by atoms with Crippen LogP contribution >= 0.6 is 27.7 Å².